The average molecular weight is 526 g/mol. The van der Waals surface area contributed by atoms with Crippen molar-refractivity contribution in [3.05, 3.63) is 70.4 Å². The van der Waals surface area contributed by atoms with E-state index in [0.29, 0.717) is 28.4 Å². The maximum absolute atomic E-state index is 14.7. The lowest BCUT2D eigenvalue weighted by Crippen LogP contribution is -2.57. The van der Waals surface area contributed by atoms with E-state index in [0.717, 1.165) is 23.3 Å². The predicted octanol–water partition coefficient (Wildman–Crippen LogP) is 1.94. The van der Waals surface area contributed by atoms with Crippen molar-refractivity contribution >= 4 is 38.9 Å². The molecule has 0 saturated heterocycles. The fourth-order valence-electron chi connectivity index (χ4n) is 3.81. The molecule has 1 unspecified atom stereocenters. The Kier molecular flexibility index (Phi) is 8.49. The third-order valence-electron chi connectivity index (χ3n) is 6.09. The zero-order chi connectivity index (χ0) is 25.4. The topological polar surface area (TPSA) is 123 Å². The number of nitrogens with two attached hydrogens (primary N) is 1. The number of rotatable bonds is 8. The number of carbonyl (C=O) groups is 1. The first-order valence-electron chi connectivity index (χ1n) is 10.5. The van der Waals surface area contributed by atoms with Gasteiger partial charge in [-0.1, -0.05) is 18.2 Å². The lowest BCUT2D eigenvalue weighted by atomic mass is 10.00. The highest BCUT2D eigenvalue weighted by Gasteiger charge is 2.48. The van der Waals surface area contributed by atoms with Crippen molar-refractivity contribution < 1.29 is 22.7 Å². The van der Waals surface area contributed by atoms with Crippen molar-refractivity contribution in [2.75, 3.05) is 20.4 Å². The van der Waals surface area contributed by atoms with E-state index < -0.39 is 38.7 Å². The number of aromatic nitrogens is 1. The lowest BCUT2D eigenvalue weighted by molar-refractivity contribution is -0.123. The molecule has 3 aromatic rings. The summed E-state index contributed by atoms with van der Waals surface area (Å²) in [5, 5.41) is 11.4. The normalized spacial score (nSPS) is 14.4. The Bertz CT molecular complexity index is 1420. The number of aliphatic hydroxyl groups excluding tert-OH is 1. The molecule has 0 fully saturated rings. The fraction of sp³-hybridized carbons (Fsp3) is 0.333. The van der Waals surface area contributed by atoms with Gasteiger partial charge in [0.2, 0.25) is 5.91 Å². The molecular weight excluding hydrogens is 497 g/mol. The molecule has 35 heavy (non-hydrogen) atoms. The van der Waals surface area contributed by atoms with Crippen LogP contribution in [0.3, 0.4) is 0 Å². The molecule has 3 rings (SSSR count). The average Bonchev–Trinajstić information content (AvgIpc) is 2.73. The number of nitrogens with zero attached hydrogens (tertiary/aromatic N) is 2. The lowest BCUT2D eigenvalue weighted by Gasteiger charge is -2.29. The fourth-order valence-corrected chi connectivity index (χ4v) is 4.74. The molecule has 1 heterocycles. The summed E-state index contributed by atoms with van der Waals surface area (Å²) in [6, 6.07) is 11.5. The number of amides is 1. The van der Waals surface area contributed by atoms with Gasteiger partial charge in [0.15, 0.2) is 14.6 Å². The van der Waals surface area contributed by atoms with Crippen LogP contribution < -0.4 is 11.3 Å². The summed E-state index contributed by atoms with van der Waals surface area (Å²) in [7, 11) is -0.268. The van der Waals surface area contributed by atoms with E-state index in [1.54, 1.807) is 30.3 Å². The zero-order valence-corrected chi connectivity index (χ0v) is 21.5. The van der Waals surface area contributed by atoms with Crippen LogP contribution in [-0.4, -0.2) is 60.1 Å². The molecule has 11 heteroatoms. The molecule has 0 radical (unpaired) electrons. The highest BCUT2D eigenvalue weighted by Crippen LogP contribution is 2.27. The van der Waals surface area contributed by atoms with Gasteiger partial charge in [-0.25, -0.2) is 12.8 Å². The first kappa shape index (κ1) is 28.4. The summed E-state index contributed by atoms with van der Waals surface area (Å²) in [6.45, 7) is 1.19. The van der Waals surface area contributed by atoms with Gasteiger partial charge < -0.3 is 20.3 Å². The standard InChI is InChI=1S/C24H28FN3O5S.ClH/c1-24(23(26)31,34(4,32)33)21(29)14-28-10-9-17-12-16(6-8-19(17)22(28)30)18-7-5-15(11-20(18)25)13-27(2)3;/h5-12,21,29H,13-14H2,1-4H3,(H2,26,31);1H/t21?,24-;/m1./s1. The molecule has 0 bridgehead atoms. The van der Waals surface area contributed by atoms with Gasteiger partial charge in [0, 0.05) is 29.9 Å². The maximum atomic E-state index is 14.7. The number of hydrogen-bond acceptors (Lipinski definition) is 6. The number of pyridine rings is 1. The van der Waals surface area contributed by atoms with Gasteiger partial charge >= 0.3 is 0 Å². The molecule has 2 atom stereocenters. The van der Waals surface area contributed by atoms with Crippen LogP contribution in [0, 0.1) is 5.82 Å². The quantitative estimate of drug-likeness (QED) is 0.463. The summed E-state index contributed by atoms with van der Waals surface area (Å²) in [4.78, 5) is 26.8. The van der Waals surface area contributed by atoms with Crippen molar-refractivity contribution in [3.63, 3.8) is 0 Å². The Hall–Kier alpha value is -2.79. The number of hydrogen-bond donors (Lipinski definition) is 2. The van der Waals surface area contributed by atoms with Crippen molar-refractivity contribution in [3.8, 4) is 11.1 Å². The Labute approximate surface area is 209 Å². The number of halogens is 2. The number of carbonyl (C=O) groups excluding carboxylic acids is 1. The summed E-state index contributed by atoms with van der Waals surface area (Å²) < 4.78 is 37.8. The van der Waals surface area contributed by atoms with Crippen LogP contribution in [0.1, 0.15) is 12.5 Å². The van der Waals surface area contributed by atoms with E-state index in [1.807, 2.05) is 25.1 Å². The van der Waals surface area contributed by atoms with Gasteiger partial charge in [-0.05, 0) is 61.8 Å². The van der Waals surface area contributed by atoms with Gasteiger partial charge in [0.1, 0.15) is 11.9 Å². The van der Waals surface area contributed by atoms with Crippen LogP contribution in [0.2, 0.25) is 0 Å². The van der Waals surface area contributed by atoms with Gasteiger partial charge in [0.25, 0.3) is 5.56 Å². The first-order chi connectivity index (χ1) is 15.8. The third kappa shape index (κ3) is 5.56. The van der Waals surface area contributed by atoms with Crippen molar-refractivity contribution in [2.45, 2.75) is 30.9 Å². The molecule has 8 nitrogen and oxygen atoms in total. The highest BCUT2D eigenvalue weighted by molar-refractivity contribution is 7.92. The SMILES string of the molecule is CN(C)Cc1ccc(-c2ccc3c(=O)n(CC(O)[C@](C)(C(N)=O)S(C)(=O)=O)ccc3c2)c(F)c1.Cl. The van der Waals surface area contributed by atoms with Crippen LogP contribution in [0.25, 0.3) is 21.9 Å². The Morgan fingerprint density at radius 3 is 2.40 bits per heavy atom. The number of sulfone groups is 1. The second kappa shape index (κ2) is 10.4. The number of fused-ring (bicyclic) bond motifs is 1. The van der Waals surface area contributed by atoms with E-state index in [2.05, 4.69) is 0 Å². The number of aliphatic hydroxyl groups is 1. The summed E-state index contributed by atoms with van der Waals surface area (Å²) in [6.07, 6.45) is 0.444. The minimum atomic E-state index is -4.07. The second-order valence-electron chi connectivity index (χ2n) is 8.89. The van der Waals surface area contributed by atoms with Crippen LogP contribution in [-0.2, 0) is 27.7 Å². The molecule has 0 aliphatic rings. The van der Waals surface area contributed by atoms with Crippen molar-refractivity contribution in [2.24, 2.45) is 5.73 Å². The third-order valence-corrected chi connectivity index (χ3v) is 8.10. The Morgan fingerprint density at radius 1 is 1.20 bits per heavy atom. The number of benzene rings is 2. The molecule has 0 saturated carbocycles. The van der Waals surface area contributed by atoms with E-state index in [4.69, 9.17) is 5.73 Å². The molecule has 0 spiro atoms. The van der Waals surface area contributed by atoms with Crippen LogP contribution >= 0.6 is 12.4 Å². The Morgan fingerprint density at radius 2 is 1.86 bits per heavy atom. The van der Waals surface area contributed by atoms with Crippen molar-refractivity contribution in [1.29, 1.82) is 0 Å². The molecule has 1 aromatic heterocycles. The summed E-state index contributed by atoms with van der Waals surface area (Å²) >= 11 is 0. The molecular formula is C24H29ClFN3O5S. The molecule has 0 aliphatic carbocycles. The van der Waals surface area contributed by atoms with E-state index in [-0.39, 0.29) is 18.2 Å². The summed E-state index contributed by atoms with van der Waals surface area (Å²) in [5.41, 5.74) is 6.59. The summed E-state index contributed by atoms with van der Waals surface area (Å²) in [5.74, 6) is -1.58. The van der Waals surface area contributed by atoms with E-state index in [9.17, 15) is 27.5 Å². The van der Waals surface area contributed by atoms with Gasteiger partial charge in [0.05, 0.1) is 6.54 Å². The van der Waals surface area contributed by atoms with Crippen LogP contribution in [0.15, 0.2) is 53.5 Å². The largest absolute Gasteiger partial charge is 0.389 e. The number of primary amides is 1. The van der Waals surface area contributed by atoms with E-state index >= 15 is 0 Å². The minimum Gasteiger partial charge on any atom is -0.389 e. The first-order valence-corrected chi connectivity index (χ1v) is 12.4. The maximum Gasteiger partial charge on any atom is 0.258 e. The van der Waals surface area contributed by atoms with Gasteiger partial charge in [-0.2, -0.15) is 0 Å². The van der Waals surface area contributed by atoms with Crippen LogP contribution in [0.4, 0.5) is 4.39 Å². The highest BCUT2D eigenvalue weighted by atomic mass is 35.5. The minimum absolute atomic E-state index is 0. The second-order valence-corrected chi connectivity index (χ2v) is 11.3. The monoisotopic (exact) mass is 525 g/mol. The zero-order valence-electron chi connectivity index (χ0n) is 19.9. The van der Waals surface area contributed by atoms with Crippen molar-refractivity contribution in [1.82, 2.24) is 9.47 Å². The van der Waals surface area contributed by atoms with Gasteiger partial charge in [-0.15, -0.1) is 12.4 Å². The van der Waals surface area contributed by atoms with E-state index in [1.165, 1.54) is 12.3 Å². The molecule has 0 aliphatic heterocycles. The predicted molar refractivity (Wildman–Crippen MR) is 137 cm³/mol. The smallest absolute Gasteiger partial charge is 0.258 e. The molecule has 1 amide bonds. The Balaban J connectivity index is 0.00000432. The molecule has 3 N–H and O–H groups in total. The van der Waals surface area contributed by atoms with Crippen LogP contribution in [0.5, 0.6) is 0 Å². The van der Waals surface area contributed by atoms with Gasteiger partial charge in [-0.3, -0.25) is 9.59 Å². The molecule has 190 valence electrons. The molecule has 2 aromatic carbocycles.